The minimum absolute atomic E-state index is 0.221. The van der Waals surface area contributed by atoms with E-state index in [9.17, 15) is 9.59 Å². The predicted octanol–water partition coefficient (Wildman–Crippen LogP) is 3.34. The van der Waals surface area contributed by atoms with Crippen molar-refractivity contribution in [1.82, 2.24) is 5.16 Å². The van der Waals surface area contributed by atoms with E-state index in [1.165, 1.54) is 0 Å². The van der Waals surface area contributed by atoms with Crippen molar-refractivity contribution in [2.45, 2.75) is 40.7 Å². The maximum Gasteiger partial charge on any atom is 0.344 e. The zero-order chi connectivity index (χ0) is 16.4. The van der Waals surface area contributed by atoms with E-state index in [0.717, 1.165) is 11.1 Å². The zero-order valence-electron chi connectivity index (χ0n) is 13.4. The molecule has 0 bridgehead atoms. The van der Waals surface area contributed by atoms with Crippen molar-refractivity contribution in [1.29, 1.82) is 0 Å². The number of hydrogen-bond donors (Lipinski definition) is 0. The highest BCUT2D eigenvalue weighted by molar-refractivity contribution is 6.02. The van der Waals surface area contributed by atoms with Crippen LogP contribution in [0.3, 0.4) is 0 Å². The Morgan fingerprint density at radius 2 is 1.86 bits per heavy atom. The average molecular weight is 301 g/mol. The first-order chi connectivity index (χ1) is 10.3. The lowest BCUT2D eigenvalue weighted by atomic mass is 9.99. The highest BCUT2D eigenvalue weighted by Gasteiger charge is 2.25. The Hall–Kier alpha value is -2.43. The molecule has 0 spiro atoms. The van der Waals surface area contributed by atoms with Crippen molar-refractivity contribution < 1.29 is 18.8 Å². The number of benzene rings is 1. The number of esters is 1. The molecule has 2 aromatic rings. The van der Waals surface area contributed by atoms with Crippen LogP contribution in [0.4, 0.5) is 0 Å². The second kappa shape index (κ2) is 6.13. The number of Topliss-reactive ketones (excluding diaryl/α,β-unsaturated/α-hetero) is 1. The van der Waals surface area contributed by atoms with Gasteiger partial charge in [-0.25, -0.2) is 4.79 Å². The summed E-state index contributed by atoms with van der Waals surface area (Å²) in [6.45, 7) is 8.63. The minimum atomic E-state index is -0.873. The first-order valence-corrected chi connectivity index (χ1v) is 7.06. The third-order valence-electron chi connectivity index (χ3n) is 3.55. The highest BCUT2D eigenvalue weighted by Crippen LogP contribution is 2.18. The summed E-state index contributed by atoms with van der Waals surface area (Å²) in [5.41, 5.74) is 3.14. The molecular weight excluding hydrogens is 282 g/mol. The molecule has 2 rings (SSSR count). The molecule has 0 N–H and O–H groups in total. The van der Waals surface area contributed by atoms with E-state index in [0.29, 0.717) is 17.0 Å². The van der Waals surface area contributed by atoms with E-state index >= 15 is 0 Å². The van der Waals surface area contributed by atoms with Crippen LogP contribution in [0, 0.1) is 27.7 Å². The van der Waals surface area contributed by atoms with Crippen LogP contribution in [-0.4, -0.2) is 23.0 Å². The van der Waals surface area contributed by atoms with Gasteiger partial charge in [-0.05, 0) is 46.2 Å². The third kappa shape index (κ3) is 3.08. The number of carbonyl (C=O) groups is 2. The van der Waals surface area contributed by atoms with Crippen LogP contribution in [0.1, 0.15) is 50.2 Å². The molecule has 0 saturated heterocycles. The SMILES string of the molecule is Cc1ccc(C)c(C(=O)[C@H](C)OC(=O)c2c(C)noc2C)c1. The lowest BCUT2D eigenvalue weighted by Gasteiger charge is -2.14. The van der Waals surface area contributed by atoms with Crippen LogP contribution in [0.25, 0.3) is 0 Å². The molecule has 0 aliphatic heterocycles. The van der Waals surface area contributed by atoms with E-state index in [4.69, 9.17) is 9.26 Å². The van der Waals surface area contributed by atoms with Crippen molar-refractivity contribution >= 4 is 11.8 Å². The van der Waals surface area contributed by atoms with Crippen molar-refractivity contribution in [3.8, 4) is 0 Å². The fourth-order valence-electron chi connectivity index (χ4n) is 2.27. The molecule has 0 radical (unpaired) electrons. The lowest BCUT2D eigenvalue weighted by molar-refractivity contribution is 0.0316. The molecule has 1 heterocycles. The Labute approximate surface area is 129 Å². The number of hydrogen-bond acceptors (Lipinski definition) is 5. The number of carbonyl (C=O) groups excluding carboxylic acids is 2. The van der Waals surface area contributed by atoms with Gasteiger partial charge in [-0.2, -0.15) is 0 Å². The molecule has 0 saturated carbocycles. The molecule has 0 unspecified atom stereocenters. The predicted molar refractivity (Wildman–Crippen MR) is 81.1 cm³/mol. The normalized spacial score (nSPS) is 12.0. The Kier molecular flexibility index (Phi) is 4.45. The fourth-order valence-corrected chi connectivity index (χ4v) is 2.27. The maximum atomic E-state index is 12.5. The number of rotatable bonds is 4. The van der Waals surface area contributed by atoms with Crippen LogP contribution in [0.15, 0.2) is 22.7 Å². The minimum Gasteiger partial charge on any atom is -0.451 e. The van der Waals surface area contributed by atoms with Gasteiger partial charge in [0.05, 0.1) is 5.69 Å². The van der Waals surface area contributed by atoms with E-state index < -0.39 is 12.1 Å². The number of ketones is 1. The summed E-state index contributed by atoms with van der Waals surface area (Å²) >= 11 is 0. The molecule has 0 aliphatic rings. The van der Waals surface area contributed by atoms with Gasteiger partial charge >= 0.3 is 5.97 Å². The van der Waals surface area contributed by atoms with Gasteiger partial charge in [-0.3, -0.25) is 4.79 Å². The van der Waals surface area contributed by atoms with E-state index in [2.05, 4.69) is 5.16 Å². The van der Waals surface area contributed by atoms with Crippen molar-refractivity contribution in [3.05, 3.63) is 51.9 Å². The average Bonchev–Trinajstić information content (AvgIpc) is 2.79. The summed E-state index contributed by atoms with van der Waals surface area (Å²) in [4.78, 5) is 24.6. The first kappa shape index (κ1) is 15.9. The maximum absolute atomic E-state index is 12.5. The van der Waals surface area contributed by atoms with Crippen LogP contribution in [0.5, 0.6) is 0 Å². The molecule has 0 fully saturated rings. The summed E-state index contributed by atoms with van der Waals surface area (Å²) in [5.74, 6) is -0.433. The molecule has 1 aromatic heterocycles. The molecule has 5 heteroatoms. The Balaban J connectivity index is 2.18. The lowest BCUT2D eigenvalue weighted by Crippen LogP contribution is -2.25. The standard InChI is InChI=1S/C17H19NO4/c1-9-6-7-10(2)14(8-9)16(19)13(5)21-17(20)15-11(3)18-22-12(15)4/h6-8,13H,1-5H3/t13-/m0/s1. The van der Waals surface area contributed by atoms with Gasteiger partial charge in [-0.15, -0.1) is 0 Å². The fraction of sp³-hybridized carbons (Fsp3) is 0.353. The first-order valence-electron chi connectivity index (χ1n) is 7.06. The smallest absolute Gasteiger partial charge is 0.344 e. The summed E-state index contributed by atoms with van der Waals surface area (Å²) in [5, 5.41) is 3.71. The molecule has 0 aliphatic carbocycles. The Bertz CT molecular complexity index is 711. The Morgan fingerprint density at radius 3 is 2.45 bits per heavy atom. The molecule has 1 atom stereocenters. The topological polar surface area (TPSA) is 69.4 Å². The number of nitrogens with zero attached hydrogens (tertiary/aromatic N) is 1. The molecule has 116 valence electrons. The summed E-state index contributed by atoms with van der Waals surface area (Å²) in [6, 6.07) is 5.62. The quantitative estimate of drug-likeness (QED) is 0.640. The van der Waals surface area contributed by atoms with Gasteiger partial charge < -0.3 is 9.26 Å². The van der Waals surface area contributed by atoms with Gasteiger partial charge in [-0.1, -0.05) is 22.9 Å². The monoisotopic (exact) mass is 301 g/mol. The molecule has 0 amide bonds. The largest absolute Gasteiger partial charge is 0.451 e. The van der Waals surface area contributed by atoms with Crippen LogP contribution in [-0.2, 0) is 4.74 Å². The number of aryl methyl sites for hydroxylation is 4. The van der Waals surface area contributed by atoms with Gasteiger partial charge in [0.2, 0.25) is 5.78 Å². The summed E-state index contributed by atoms with van der Waals surface area (Å²) < 4.78 is 10.2. The Morgan fingerprint density at radius 1 is 1.18 bits per heavy atom. The second-order valence-electron chi connectivity index (χ2n) is 5.43. The van der Waals surface area contributed by atoms with E-state index in [-0.39, 0.29) is 11.3 Å². The van der Waals surface area contributed by atoms with E-state index in [1.54, 1.807) is 26.8 Å². The van der Waals surface area contributed by atoms with Gasteiger partial charge in [0.15, 0.2) is 6.10 Å². The van der Waals surface area contributed by atoms with Crippen molar-refractivity contribution in [2.24, 2.45) is 0 Å². The number of aromatic nitrogens is 1. The van der Waals surface area contributed by atoms with Gasteiger partial charge in [0.1, 0.15) is 11.3 Å². The molecule has 5 nitrogen and oxygen atoms in total. The van der Waals surface area contributed by atoms with Crippen molar-refractivity contribution in [2.75, 3.05) is 0 Å². The highest BCUT2D eigenvalue weighted by atomic mass is 16.5. The summed E-state index contributed by atoms with van der Waals surface area (Å²) in [6.07, 6.45) is -0.873. The van der Waals surface area contributed by atoms with Crippen molar-refractivity contribution in [3.63, 3.8) is 0 Å². The molecule has 1 aromatic carbocycles. The van der Waals surface area contributed by atoms with E-state index in [1.807, 2.05) is 26.0 Å². The molecular formula is C17H19NO4. The summed E-state index contributed by atoms with van der Waals surface area (Å²) in [7, 11) is 0. The molecule has 22 heavy (non-hydrogen) atoms. The van der Waals surface area contributed by atoms with Gasteiger partial charge in [0, 0.05) is 5.56 Å². The third-order valence-corrected chi connectivity index (χ3v) is 3.55. The van der Waals surface area contributed by atoms with Gasteiger partial charge in [0.25, 0.3) is 0 Å². The van der Waals surface area contributed by atoms with Crippen LogP contribution < -0.4 is 0 Å². The zero-order valence-corrected chi connectivity index (χ0v) is 13.4. The van der Waals surface area contributed by atoms with Crippen LogP contribution in [0.2, 0.25) is 0 Å². The second-order valence-corrected chi connectivity index (χ2v) is 5.43. The number of ether oxygens (including phenoxy) is 1. The van der Waals surface area contributed by atoms with Crippen LogP contribution >= 0.6 is 0 Å².